The van der Waals surface area contributed by atoms with Gasteiger partial charge in [0, 0.05) is 19.3 Å². The van der Waals surface area contributed by atoms with Crippen LogP contribution in [0.5, 0.6) is 0 Å². The Labute approximate surface area is 225 Å². The summed E-state index contributed by atoms with van der Waals surface area (Å²) in [5, 5.41) is -4.74. The summed E-state index contributed by atoms with van der Waals surface area (Å²) in [6.07, 6.45) is -1.55. The minimum atomic E-state index is -5.85. The molecule has 0 aromatic rings. The minimum absolute atomic E-state index is 0.0642. The van der Waals surface area contributed by atoms with Crippen molar-refractivity contribution in [2.45, 2.75) is 104 Å². The summed E-state index contributed by atoms with van der Waals surface area (Å²) in [4.78, 5) is 39.1. The molecule has 4 bridgehead atoms. The van der Waals surface area contributed by atoms with Crippen LogP contribution in [0.1, 0.15) is 73.1 Å². The van der Waals surface area contributed by atoms with Gasteiger partial charge in [-0.3, -0.25) is 18.9 Å². The molecule has 206 valence electrons. The summed E-state index contributed by atoms with van der Waals surface area (Å²) in [7, 11) is -5.85. The lowest BCUT2D eigenvalue weighted by molar-refractivity contribution is -0.258. The average Bonchev–Trinajstić information content (AvgIpc) is 2.63. The van der Waals surface area contributed by atoms with E-state index in [2.05, 4.69) is 31.9 Å². The summed E-state index contributed by atoms with van der Waals surface area (Å²) in [6, 6.07) is 0. The zero-order valence-corrected chi connectivity index (χ0v) is 24.5. The first-order chi connectivity index (χ1) is 16.0. The summed E-state index contributed by atoms with van der Waals surface area (Å²) >= 11 is 6.51. The summed E-state index contributed by atoms with van der Waals surface area (Å²) in [5.74, 6) is -2.61. The fourth-order valence-electron chi connectivity index (χ4n) is 5.92. The SMILES string of the molecule is CC(OC(=O)C12CC3CC(OC(=O)C(C)(C)Br)(CC(OC(=O)C(C)(C)Br)(C3)C1)C2)C(F)(F)S(=O)(=O)O. The summed E-state index contributed by atoms with van der Waals surface area (Å²) in [6.45, 7) is 7.01. The molecular formula is C22H30Br2F2O9S. The van der Waals surface area contributed by atoms with E-state index in [9.17, 15) is 31.6 Å². The van der Waals surface area contributed by atoms with Gasteiger partial charge in [0.2, 0.25) is 0 Å². The Morgan fingerprint density at radius 3 is 1.69 bits per heavy atom. The number of halogens is 4. The second-order valence-electron chi connectivity index (χ2n) is 11.5. The topological polar surface area (TPSA) is 133 Å². The van der Waals surface area contributed by atoms with Crippen LogP contribution in [-0.4, -0.2) is 62.1 Å². The fraction of sp³-hybridized carbons (Fsp3) is 0.864. The molecule has 0 heterocycles. The van der Waals surface area contributed by atoms with Gasteiger partial charge in [0.1, 0.15) is 19.9 Å². The number of hydrogen-bond donors (Lipinski definition) is 1. The highest BCUT2D eigenvalue weighted by Crippen LogP contribution is 2.66. The number of carbonyl (C=O) groups is 3. The van der Waals surface area contributed by atoms with Gasteiger partial charge in [0.05, 0.1) is 5.41 Å². The molecule has 4 saturated carbocycles. The lowest BCUT2D eigenvalue weighted by Crippen LogP contribution is -2.68. The third-order valence-corrected chi connectivity index (χ3v) is 8.76. The maximum Gasteiger partial charge on any atom is 0.405 e. The molecule has 0 aromatic carbocycles. The molecule has 9 nitrogen and oxygen atoms in total. The fourth-order valence-corrected chi connectivity index (χ4v) is 6.55. The van der Waals surface area contributed by atoms with Crippen molar-refractivity contribution in [1.29, 1.82) is 0 Å². The van der Waals surface area contributed by atoms with Gasteiger partial charge < -0.3 is 14.2 Å². The Kier molecular flexibility index (Phi) is 7.29. The molecule has 14 heteroatoms. The molecule has 1 N–H and O–H groups in total. The van der Waals surface area contributed by atoms with Gasteiger partial charge in [0.15, 0.2) is 6.10 Å². The van der Waals surface area contributed by atoms with Crippen molar-refractivity contribution >= 4 is 59.9 Å². The molecule has 36 heavy (non-hydrogen) atoms. The van der Waals surface area contributed by atoms with Gasteiger partial charge in [-0.25, -0.2) is 0 Å². The van der Waals surface area contributed by atoms with Gasteiger partial charge in [-0.2, -0.15) is 17.2 Å². The monoisotopic (exact) mass is 666 g/mol. The zero-order valence-electron chi connectivity index (χ0n) is 20.5. The van der Waals surface area contributed by atoms with E-state index in [1.54, 1.807) is 27.7 Å². The minimum Gasteiger partial charge on any atom is -0.458 e. The van der Waals surface area contributed by atoms with Crippen molar-refractivity contribution in [3.63, 3.8) is 0 Å². The lowest BCUT2D eigenvalue weighted by Gasteiger charge is -2.63. The normalized spacial score (nSPS) is 33.1. The second kappa shape index (κ2) is 8.84. The molecule has 0 aromatic heterocycles. The highest BCUT2D eigenvalue weighted by Gasteiger charge is 2.70. The predicted molar refractivity (Wildman–Crippen MR) is 129 cm³/mol. The lowest BCUT2D eigenvalue weighted by atomic mass is 9.46. The molecule has 4 fully saturated rings. The third-order valence-electron chi connectivity index (χ3n) is 7.09. The zero-order chi connectivity index (χ0) is 27.8. The molecule has 0 saturated heterocycles. The Morgan fingerprint density at radius 1 is 0.917 bits per heavy atom. The van der Waals surface area contributed by atoms with E-state index in [4.69, 9.17) is 18.8 Å². The van der Waals surface area contributed by atoms with Crippen LogP contribution in [0.3, 0.4) is 0 Å². The first-order valence-corrected chi connectivity index (χ1v) is 14.4. The van der Waals surface area contributed by atoms with E-state index in [0.717, 1.165) is 0 Å². The maximum atomic E-state index is 14.1. The molecule has 0 radical (unpaired) electrons. The van der Waals surface area contributed by atoms with Crippen molar-refractivity contribution in [3.8, 4) is 0 Å². The number of alkyl halides is 4. The van der Waals surface area contributed by atoms with Gasteiger partial charge in [-0.15, -0.1) is 0 Å². The number of rotatable bonds is 8. The van der Waals surface area contributed by atoms with E-state index in [1.807, 2.05) is 0 Å². The van der Waals surface area contributed by atoms with E-state index >= 15 is 0 Å². The maximum absolute atomic E-state index is 14.1. The van der Waals surface area contributed by atoms with Crippen molar-refractivity contribution in [2.75, 3.05) is 0 Å². The molecule has 4 aliphatic carbocycles. The van der Waals surface area contributed by atoms with Crippen molar-refractivity contribution in [3.05, 3.63) is 0 Å². The van der Waals surface area contributed by atoms with Crippen LogP contribution in [0.15, 0.2) is 0 Å². The van der Waals surface area contributed by atoms with E-state index in [0.29, 0.717) is 19.8 Å². The van der Waals surface area contributed by atoms with Crippen LogP contribution in [-0.2, 0) is 38.7 Å². The second-order valence-corrected chi connectivity index (χ2v) is 16.9. The van der Waals surface area contributed by atoms with Gasteiger partial charge in [-0.1, -0.05) is 31.9 Å². The number of hydrogen-bond acceptors (Lipinski definition) is 8. The number of esters is 3. The molecular weight excluding hydrogens is 638 g/mol. The third kappa shape index (κ3) is 5.47. The van der Waals surface area contributed by atoms with Crippen LogP contribution in [0, 0.1) is 11.3 Å². The van der Waals surface area contributed by atoms with Crippen LogP contribution in [0.4, 0.5) is 8.78 Å². The van der Waals surface area contributed by atoms with Crippen LogP contribution < -0.4 is 0 Å². The quantitative estimate of drug-likeness (QED) is 0.174. The van der Waals surface area contributed by atoms with Gasteiger partial charge in [-0.05, 0) is 59.8 Å². The highest BCUT2D eigenvalue weighted by molar-refractivity contribution is 9.10. The molecule has 4 aliphatic rings. The highest BCUT2D eigenvalue weighted by atomic mass is 79.9. The van der Waals surface area contributed by atoms with Crippen molar-refractivity contribution < 1.29 is 50.3 Å². The van der Waals surface area contributed by atoms with Gasteiger partial charge in [0.25, 0.3) is 0 Å². The smallest absolute Gasteiger partial charge is 0.405 e. The molecule has 0 spiro atoms. The number of carbonyl (C=O) groups excluding carboxylic acids is 3. The average molecular weight is 668 g/mol. The van der Waals surface area contributed by atoms with Crippen LogP contribution in [0.2, 0.25) is 0 Å². The Hall–Kier alpha value is -0.860. The van der Waals surface area contributed by atoms with E-state index in [-0.39, 0.29) is 31.6 Å². The van der Waals surface area contributed by atoms with E-state index in [1.165, 1.54) is 0 Å². The Bertz CT molecular complexity index is 1020. The standard InChI is InChI=1S/C22H30Br2F2O9S/c1-12(22(25,26)36(30,31)32)33-16(29)19-6-13-7-20(9-19,34-14(27)17(2,3)23)11-21(8-13,10-19)35-15(28)18(4,5)24/h12-13H,6-11H2,1-5H3,(H,30,31,32). The number of ether oxygens (including phenoxy) is 3. The van der Waals surface area contributed by atoms with Crippen molar-refractivity contribution in [1.82, 2.24) is 0 Å². The molecule has 3 atom stereocenters. The van der Waals surface area contributed by atoms with E-state index < -0.39 is 64.7 Å². The predicted octanol–water partition coefficient (Wildman–Crippen LogP) is 4.29. The molecule has 3 unspecified atom stereocenters. The largest absolute Gasteiger partial charge is 0.458 e. The molecule has 0 amide bonds. The van der Waals surface area contributed by atoms with Gasteiger partial charge >= 0.3 is 33.3 Å². The summed E-state index contributed by atoms with van der Waals surface area (Å²) in [5.41, 5.74) is -3.94. The van der Waals surface area contributed by atoms with Crippen LogP contribution in [0.25, 0.3) is 0 Å². The Balaban J connectivity index is 2.00. The first kappa shape index (κ1) is 29.7. The summed E-state index contributed by atoms with van der Waals surface area (Å²) < 4.78 is 74.2. The Morgan fingerprint density at radius 2 is 1.33 bits per heavy atom. The molecule has 0 aliphatic heterocycles. The molecule has 4 rings (SSSR count). The van der Waals surface area contributed by atoms with Crippen LogP contribution >= 0.6 is 31.9 Å². The van der Waals surface area contributed by atoms with Crippen molar-refractivity contribution in [2.24, 2.45) is 11.3 Å². The first-order valence-electron chi connectivity index (χ1n) is 11.4.